The maximum absolute atomic E-state index is 13.0. The zero-order chi connectivity index (χ0) is 24.3. The quantitative estimate of drug-likeness (QED) is 0.186. The Labute approximate surface area is 209 Å². The first-order chi connectivity index (χ1) is 16.5. The van der Waals surface area contributed by atoms with Crippen molar-refractivity contribution >= 4 is 51.4 Å². The van der Waals surface area contributed by atoms with Gasteiger partial charge in [0.2, 0.25) is 0 Å². The number of carbonyl (C=O) groups excluding carboxylic acids is 2. The average molecular weight is 544 g/mol. The number of aliphatic hydroxyl groups excluding tert-OH is 1. The Bertz CT molecular complexity index is 1160. The zero-order valence-corrected chi connectivity index (χ0v) is 20.5. The van der Waals surface area contributed by atoms with Crippen LogP contribution in [0.3, 0.4) is 0 Å². The number of nitrogens with one attached hydrogen (secondary N) is 2. The summed E-state index contributed by atoms with van der Waals surface area (Å²) in [6.07, 6.45) is 2.16. The van der Waals surface area contributed by atoms with Crippen LogP contribution in [0.2, 0.25) is 0 Å². The number of rotatable bonds is 10. The number of hydrogen-bond donors (Lipinski definition) is 3. The molecule has 0 fully saturated rings. The lowest BCUT2D eigenvalue weighted by molar-refractivity contribution is 0.0956. The minimum atomic E-state index is -0.509. The number of hydrazone groups is 1. The molecule has 176 valence electrons. The van der Waals surface area contributed by atoms with Crippen LogP contribution in [0.15, 0.2) is 76.3 Å². The average Bonchev–Trinajstić information content (AvgIpc) is 2.84. The van der Waals surface area contributed by atoms with E-state index in [-0.39, 0.29) is 23.9 Å². The van der Waals surface area contributed by atoms with Crippen LogP contribution in [0.25, 0.3) is 0 Å². The van der Waals surface area contributed by atoms with Gasteiger partial charge in [0, 0.05) is 22.4 Å². The minimum Gasteiger partial charge on any atom is -0.396 e. The van der Waals surface area contributed by atoms with E-state index in [9.17, 15) is 14.0 Å². The van der Waals surface area contributed by atoms with E-state index in [1.807, 2.05) is 12.1 Å². The number of anilines is 1. The second kappa shape index (κ2) is 13.0. The van der Waals surface area contributed by atoms with E-state index in [2.05, 4.69) is 31.8 Å². The third-order valence-corrected chi connectivity index (χ3v) is 6.26. The first-order valence-corrected chi connectivity index (χ1v) is 12.4. The molecule has 6 nitrogen and oxygen atoms in total. The summed E-state index contributed by atoms with van der Waals surface area (Å²) in [6.45, 7) is 0.183. The fraction of sp³-hybridized carbons (Fsp3) is 0.160. The molecule has 0 saturated heterocycles. The van der Waals surface area contributed by atoms with E-state index >= 15 is 0 Å². The summed E-state index contributed by atoms with van der Waals surface area (Å²) in [6, 6.07) is 17.9. The summed E-state index contributed by atoms with van der Waals surface area (Å²) < 4.78 is 13.7. The predicted molar refractivity (Wildman–Crippen MR) is 138 cm³/mol. The molecule has 0 bridgehead atoms. The lowest BCUT2D eigenvalue weighted by Gasteiger charge is -2.11. The Balaban J connectivity index is 1.65. The minimum absolute atomic E-state index is 0.183. The van der Waals surface area contributed by atoms with E-state index in [0.717, 1.165) is 23.5 Å². The topological polar surface area (TPSA) is 90.8 Å². The van der Waals surface area contributed by atoms with Gasteiger partial charge in [0.05, 0.1) is 17.5 Å². The van der Waals surface area contributed by atoms with Gasteiger partial charge >= 0.3 is 0 Å². The van der Waals surface area contributed by atoms with E-state index < -0.39 is 5.91 Å². The molecule has 0 radical (unpaired) electrons. The first-order valence-electron chi connectivity index (χ1n) is 10.4. The second-order valence-electron chi connectivity index (χ2n) is 7.22. The van der Waals surface area contributed by atoms with Crippen molar-refractivity contribution in [2.24, 2.45) is 5.10 Å². The molecule has 3 aromatic rings. The van der Waals surface area contributed by atoms with Crippen LogP contribution in [-0.2, 0) is 5.75 Å². The highest BCUT2D eigenvalue weighted by atomic mass is 79.9. The molecule has 34 heavy (non-hydrogen) atoms. The number of nitrogens with zero attached hydrogens (tertiary/aromatic N) is 1. The number of amides is 2. The van der Waals surface area contributed by atoms with Crippen molar-refractivity contribution in [3.63, 3.8) is 0 Å². The van der Waals surface area contributed by atoms with Crippen LogP contribution in [-0.4, -0.2) is 35.5 Å². The smallest absolute Gasteiger partial charge is 0.273 e. The molecule has 0 saturated carbocycles. The van der Waals surface area contributed by atoms with Crippen molar-refractivity contribution < 1.29 is 19.1 Å². The van der Waals surface area contributed by atoms with Crippen molar-refractivity contribution in [1.29, 1.82) is 0 Å². The third kappa shape index (κ3) is 7.79. The summed E-state index contributed by atoms with van der Waals surface area (Å²) in [5, 5.41) is 15.5. The lowest BCUT2D eigenvalue weighted by Crippen LogP contribution is -2.21. The van der Waals surface area contributed by atoms with Crippen molar-refractivity contribution in [2.75, 3.05) is 17.7 Å². The standard InChI is InChI=1S/C25H23BrFN3O3S/c26-20-8-11-23(22(14-20)25(33)30-28-15-17-4-9-21(27)10-5-17)29-24(32)19-6-2-18(3-7-19)16-34-13-1-12-31/h2-11,14-15,31H,1,12-13,16H2,(H,29,32)(H,30,33)/b28-15+. The van der Waals surface area contributed by atoms with Gasteiger partial charge in [-0.2, -0.15) is 16.9 Å². The Hall–Kier alpha value is -3.01. The van der Waals surface area contributed by atoms with Crippen molar-refractivity contribution in [3.05, 3.63) is 99.3 Å². The van der Waals surface area contributed by atoms with Gasteiger partial charge in [0.15, 0.2) is 0 Å². The molecule has 2 amide bonds. The van der Waals surface area contributed by atoms with Gasteiger partial charge < -0.3 is 10.4 Å². The maximum atomic E-state index is 13.0. The molecule has 0 aromatic heterocycles. The van der Waals surface area contributed by atoms with E-state index in [1.165, 1.54) is 30.5 Å². The van der Waals surface area contributed by atoms with E-state index in [4.69, 9.17) is 5.11 Å². The maximum Gasteiger partial charge on any atom is 0.273 e. The second-order valence-corrected chi connectivity index (χ2v) is 9.24. The molecule has 0 aliphatic rings. The molecule has 0 aliphatic carbocycles. The molecule has 0 aliphatic heterocycles. The number of hydrogen-bond acceptors (Lipinski definition) is 5. The normalized spacial score (nSPS) is 10.9. The van der Waals surface area contributed by atoms with Gasteiger partial charge in [-0.05, 0) is 65.8 Å². The number of carbonyl (C=O) groups is 2. The van der Waals surface area contributed by atoms with Crippen LogP contribution in [0.5, 0.6) is 0 Å². The van der Waals surface area contributed by atoms with Gasteiger partial charge in [-0.15, -0.1) is 0 Å². The fourth-order valence-corrected chi connectivity index (χ4v) is 4.16. The molecule has 3 rings (SSSR count). The van der Waals surface area contributed by atoms with Crippen molar-refractivity contribution in [3.8, 4) is 0 Å². The van der Waals surface area contributed by atoms with E-state index in [0.29, 0.717) is 21.3 Å². The largest absolute Gasteiger partial charge is 0.396 e. The van der Waals surface area contributed by atoms with Crippen molar-refractivity contribution in [1.82, 2.24) is 5.43 Å². The highest BCUT2D eigenvalue weighted by Crippen LogP contribution is 2.22. The van der Waals surface area contributed by atoms with Crippen LogP contribution in [0.4, 0.5) is 10.1 Å². The molecule has 9 heteroatoms. The first kappa shape index (κ1) is 25.6. The molecule has 0 heterocycles. The monoisotopic (exact) mass is 543 g/mol. The van der Waals surface area contributed by atoms with Gasteiger partial charge in [-0.3, -0.25) is 9.59 Å². The number of aliphatic hydroxyl groups is 1. The van der Waals surface area contributed by atoms with Gasteiger partial charge in [-0.25, -0.2) is 9.82 Å². The lowest BCUT2D eigenvalue weighted by atomic mass is 10.1. The summed E-state index contributed by atoms with van der Waals surface area (Å²) >= 11 is 5.07. The SMILES string of the molecule is O=C(Nc1ccc(Br)cc1C(=O)N/N=C/c1ccc(F)cc1)c1ccc(CSCCCO)cc1. The molecular weight excluding hydrogens is 521 g/mol. The molecular formula is C25H23BrFN3O3S. The molecule has 0 atom stereocenters. The third-order valence-electron chi connectivity index (χ3n) is 4.66. The van der Waals surface area contributed by atoms with Crippen LogP contribution >= 0.6 is 27.7 Å². The summed E-state index contributed by atoms with van der Waals surface area (Å²) in [5.74, 6) is 0.469. The van der Waals surface area contributed by atoms with Gasteiger partial charge in [0.1, 0.15) is 5.82 Å². The summed E-state index contributed by atoms with van der Waals surface area (Å²) in [4.78, 5) is 25.5. The zero-order valence-electron chi connectivity index (χ0n) is 18.1. The molecule has 0 unspecified atom stereocenters. The summed E-state index contributed by atoms with van der Waals surface area (Å²) in [5.41, 5.74) is 5.17. The Morgan fingerprint density at radius 2 is 1.76 bits per heavy atom. The number of benzene rings is 3. The number of thioether (sulfide) groups is 1. The fourth-order valence-electron chi connectivity index (χ4n) is 2.89. The molecule has 0 spiro atoms. The van der Waals surface area contributed by atoms with Gasteiger partial charge in [-0.1, -0.05) is 40.2 Å². The van der Waals surface area contributed by atoms with E-state index in [1.54, 1.807) is 42.1 Å². The van der Waals surface area contributed by atoms with Crippen LogP contribution in [0.1, 0.15) is 38.3 Å². The molecule has 3 N–H and O–H groups in total. The Morgan fingerprint density at radius 1 is 1.03 bits per heavy atom. The van der Waals surface area contributed by atoms with Crippen molar-refractivity contribution in [2.45, 2.75) is 12.2 Å². The van der Waals surface area contributed by atoms with Gasteiger partial charge in [0.25, 0.3) is 11.8 Å². The molecule has 3 aromatic carbocycles. The highest BCUT2D eigenvalue weighted by molar-refractivity contribution is 9.10. The summed E-state index contributed by atoms with van der Waals surface area (Å²) in [7, 11) is 0. The highest BCUT2D eigenvalue weighted by Gasteiger charge is 2.15. The Morgan fingerprint density at radius 3 is 2.47 bits per heavy atom. The Kier molecular flexibility index (Phi) is 9.81. The predicted octanol–water partition coefficient (Wildman–Crippen LogP) is 5.22. The number of halogens is 2. The van der Waals surface area contributed by atoms with Crippen LogP contribution < -0.4 is 10.7 Å². The van der Waals surface area contributed by atoms with Crippen LogP contribution in [0, 0.1) is 5.82 Å².